The number of urea groups is 1. The Kier molecular flexibility index (Phi) is 7.22. The molecule has 11 heteroatoms. The minimum atomic E-state index is -0.635. The Labute approximate surface area is 228 Å². The fourth-order valence-corrected chi connectivity index (χ4v) is 5.11. The summed E-state index contributed by atoms with van der Waals surface area (Å²) in [6, 6.07) is 8.60. The minimum Gasteiger partial charge on any atom is -0.487 e. The van der Waals surface area contributed by atoms with Gasteiger partial charge in [-0.2, -0.15) is 5.10 Å². The number of hydrogen-bond acceptors (Lipinski definition) is 5. The lowest BCUT2D eigenvalue weighted by Crippen LogP contribution is -2.35. The van der Waals surface area contributed by atoms with Gasteiger partial charge in [0.25, 0.3) is 0 Å². The number of nitrogens with zero attached hydrogens (tertiary/aromatic N) is 5. The highest BCUT2D eigenvalue weighted by Gasteiger charge is 2.39. The van der Waals surface area contributed by atoms with Gasteiger partial charge in [-0.1, -0.05) is 30.7 Å². The number of imide groups is 1. The molecule has 0 unspecified atom stereocenters. The summed E-state index contributed by atoms with van der Waals surface area (Å²) >= 11 is 6.48. The Morgan fingerprint density at radius 2 is 1.95 bits per heavy atom. The second kappa shape index (κ2) is 10.6. The molecular weight excluding hydrogens is 528 g/mol. The average Bonchev–Trinajstić information content (AvgIpc) is 3.45. The van der Waals surface area contributed by atoms with Crippen LogP contribution in [0.1, 0.15) is 43.1 Å². The van der Waals surface area contributed by atoms with Crippen LogP contribution in [0.15, 0.2) is 48.8 Å². The molecule has 0 radical (unpaired) electrons. The van der Waals surface area contributed by atoms with Gasteiger partial charge in [0.1, 0.15) is 30.2 Å². The number of benzene rings is 2. The van der Waals surface area contributed by atoms with Gasteiger partial charge < -0.3 is 9.64 Å². The van der Waals surface area contributed by atoms with E-state index in [1.807, 2.05) is 19.9 Å². The van der Waals surface area contributed by atoms with E-state index in [1.165, 1.54) is 32.8 Å². The number of pyridine rings is 1. The van der Waals surface area contributed by atoms with E-state index in [4.69, 9.17) is 16.3 Å². The summed E-state index contributed by atoms with van der Waals surface area (Å²) in [7, 11) is 0. The summed E-state index contributed by atoms with van der Waals surface area (Å²) in [5.41, 5.74) is 2.77. The first-order valence-corrected chi connectivity index (χ1v) is 12.9. The van der Waals surface area contributed by atoms with Crippen LogP contribution >= 0.6 is 11.6 Å². The van der Waals surface area contributed by atoms with Crippen LogP contribution in [0.25, 0.3) is 16.6 Å². The van der Waals surface area contributed by atoms with Crippen molar-refractivity contribution in [1.29, 1.82) is 0 Å². The van der Waals surface area contributed by atoms with E-state index in [1.54, 1.807) is 25.1 Å². The standard InChI is InChI=1S/C28H26ClF2N5O3/c1-4-8-34-26(37)14-35(28(34)38)17(3)21-10-18(30)11-23(29)22(21)15-39-25-7-5-6-20-24(9-16(2)33-27(20)25)36-13-19(31)12-32-36/h5-7,9-13,17H,4,8,14-15H2,1-3H3/t17-/m0/s1. The maximum atomic E-state index is 14.5. The monoisotopic (exact) mass is 553 g/mol. The van der Waals surface area contributed by atoms with Crippen LogP contribution in [-0.2, 0) is 11.4 Å². The zero-order chi connectivity index (χ0) is 27.8. The fourth-order valence-electron chi connectivity index (χ4n) is 4.84. The number of carbonyl (C=O) groups excluding carboxylic acids is 2. The smallest absolute Gasteiger partial charge is 0.327 e. The zero-order valence-corrected chi connectivity index (χ0v) is 22.4. The van der Waals surface area contributed by atoms with Crippen LogP contribution in [-0.4, -0.2) is 49.6 Å². The number of fused-ring (bicyclic) bond motifs is 1. The van der Waals surface area contributed by atoms with Crippen molar-refractivity contribution in [2.45, 2.75) is 39.8 Å². The maximum Gasteiger partial charge on any atom is 0.327 e. The zero-order valence-electron chi connectivity index (χ0n) is 21.6. The van der Waals surface area contributed by atoms with E-state index >= 15 is 0 Å². The molecule has 1 atom stereocenters. The molecule has 5 rings (SSSR count). The quantitative estimate of drug-likeness (QED) is 0.251. The molecule has 1 saturated heterocycles. The molecule has 8 nitrogen and oxygen atoms in total. The summed E-state index contributed by atoms with van der Waals surface area (Å²) < 4.78 is 35.8. The molecule has 1 aliphatic heterocycles. The Bertz CT molecular complexity index is 1590. The molecule has 39 heavy (non-hydrogen) atoms. The summed E-state index contributed by atoms with van der Waals surface area (Å²) in [5, 5.41) is 4.91. The molecule has 2 aromatic heterocycles. The van der Waals surface area contributed by atoms with E-state index in [-0.39, 0.29) is 24.1 Å². The van der Waals surface area contributed by atoms with E-state index in [2.05, 4.69) is 10.1 Å². The first-order valence-electron chi connectivity index (χ1n) is 12.5. The van der Waals surface area contributed by atoms with Gasteiger partial charge in [-0.05, 0) is 50.1 Å². The van der Waals surface area contributed by atoms with Gasteiger partial charge in [0.15, 0.2) is 5.82 Å². The second-order valence-electron chi connectivity index (χ2n) is 9.41. The van der Waals surface area contributed by atoms with Crippen LogP contribution < -0.4 is 4.74 Å². The summed E-state index contributed by atoms with van der Waals surface area (Å²) in [4.78, 5) is 32.6. The highest BCUT2D eigenvalue weighted by Crippen LogP contribution is 2.35. The molecule has 0 bridgehead atoms. The third-order valence-corrected chi connectivity index (χ3v) is 7.06. The summed E-state index contributed by atoms with van der Waals surface area (Å²) in [5.74, 6) is -0.883. The number of aromatic nitrogens is 3. The Morgan fingerprint density at radius 1 is 1.15 bits per heavy atom. The number of rotatable bonds is 8. The van der Waals surface area contributed by atoms with Crippen LogP contribution in [0.2, 0.25) is 5.02 Å². The van der Waals surface area contributed by atoms with Crippen molar-refractivity contribution in [3.63, 3.8) is 0 Å². The average molecular weight is 554 g/mol. The summed E-state index contributed by atoms with van der Waals surface area (Å²) in [6.07, 6.45) is 3.04. The van der Waals surface area contributed by atoms with Gasteiger partial charge >= 0.3 is 6.03 Å². The van der Waals surface area contributed by atoms with Crippen molar-refractivity contribution in [3.8, 4) is 11.4 Å². The van der Waals surface area contributed by atoms with Crippen molar-refractivity contribution in [2.24, 2.45) is 0 Å². The van der Waals surface area contributed by atoms with Crippen molar-refractivity contribution in [2.75, 3.05) is 13.1 Å². The predicted octanol–water partition coefficient (Wildman–Crippen LogP) is 5.97. The lowest BCUT2D eigenvalue weighted by molar-refractivity contribution is -0.125. The van der Waals surface area contributed by atoms with Crippen molar-refractivity contribution in [3.05, 3.63) is 82.3 Å². The van der Waals surface area contributed by atoms with Gasteiger partial charge in [-0.3, -0.25) is 9.69 Å². The number of carbonyl (C=O) groups is 2. The second-order valence-corrected chi connectivity index (χ2v) is 9.82. The molecule has 0 saturated carbocycles. The highest BCUT2D eigenvalue weighted by atomic mass is 35.5. The van der Waals surface area contributed by atoms with E-state index in [0.717, 1.165) is 6.20 Å². The normalized spacial score (nSPS) is 14.5. The Balaban J connectivity index is 1.49. The number of aryl methyl sites for hydroxylation is 1. The van der Waals surface area contributed by atoms with Crippen LogP contribution in [0.4, 0.5) is 13.6 Å². The molecule has 1 aliphatic rings. The third-order valence-electron chi connectivity index (χ3n) is 6.72. The van der Waals surface area contributed by atoms with Crippen LogP contribution in [0, 0.1) is 18.6 Å². The van der Waals surface area contributed by atoms with E-state index in [9.17, 15) is 18.4 Å². The van der Waals surface area contributed by atoms with Gasteiger partial charge in [-0.25, -0.2) is 23.2 Å². The number of ether oxygens (including phenoxy) is 1. The first-order chi connectivity index (χ1) is 18.7. The molecule has 4 aromatic rings. The lowest BCUT2D eigenvalue weighted by atomic mass is 10.0. The molecular formula is C28H26ClF2N5O3. The predicted molar refractivity (Wildman–Crippen MR) is 142 cm³/mol. The summed E-state index contributed by atoms with van der Waals surface area (Å²) in [6.45, 7) is 5.60. The van der Waals surface area contributed by atoms with Crippen molar-refractivity contribution in [1.82, 2.24) is 24.6 Å². The number of amides is 3. The number of hydrogen-bond donors (Lipinski definition) is 0. The molecule has 0 aliphatic carbocycles. The lowest BCUT2D eigenvalue weighted by Gasteiger charge is -2.26. The topological polar surface area (TPSA) is 80.6 Å². The molecule has 0 N–H and O–H groups in total. The number of halogens is 3. The third kappa shape index (κ3) is 5.04. The molecule has 3 amide bonds. The molecule has 202 valence electrons. The van der Waals surface area contributed by atoms with Crippen molar-refractivity contribution < 1.29 is 23.1 Å². The Hall–Kier alpha value is -4.05. The molecule has 1 fully saturated rings. The van der Waals surface area contributed by atoms with E-state index < -0.39 is 23.7 Å². The highest BCUT2D eigenvalue weighted by molar-refractivity contribution is 6.31. The van der Waals surface area contributed by atoms with Gasteiger partial charge in [0, 0.05) is 23.2 Å². The fraction of sp³-hybridized carbons (Fsp3) is 0.286. The molecule has 2 aromatic carbocycles. The number of para-hydroxylation sites is 1. The maximum absolute atomic E-state index is 14.5. The van der Waals surface area contributed by atoms with Crippen LogP contribution in [0.5, 0.6) is 5.75 Å². The Morgan fingerprint density at radius 3 is 2.67 bits per heavy atom. The first kappa shape index (κ1) is 26.6. The van der Waals surface area contributed by atoms with Gasteiger partial charge in [-0.15, -0.1) is 0 Å². The SMILES string of the molecule is CCCN1C(=O)CN([C@@H](C)c2cc(F)cc(Cl)c2COc2cccc3c(-n4cc(F)cn4)cc(C)nc23)C1=O. The van der Waals surface area contributed by atoms with E-state index in [0.29, 0.717) is 52.1 Å². The van der Waals surface area contributed by atoms with Gasteiger partial charge in [0.2, 0.25) is 5.91 Å². The van der Waals surface area contributed by atoms with Gasteiger partial charge in [0.05, 0.1) is 29.1 Å². The molecule has 3 heterocycles. The molecule has 0 spiro atoms. The largest absolute Gasteiger partial charge is 0.487 e. The minimum absolute atomic E-state index is 0.0477. The van der Waals surface area contributed by atoms with Crippen molar-refractivity contribution >= 4 is 34.4 Å². The van der Waals surface area contributed by atoms with Crippen LogP contribution in [0.3, 0.4) is 0 Å².